The molecule has 1 atom stereocenters. The normalized spacial score (nSPS) is 19.1. The van der Waals surface area contributed by atoms with Crippen molar-refractivity contribution >= 4 is 0 Å². The minimum atomic E-state index is -0.128. The maximum absolute atomic E-state index is 8.40. The van der Waals surface area contributed by atoms with Crippen LogP contribution in [0.5, 0.6) is 5.88 Å². The van der Waals surface area contributed by atoms with Crippen molar-refractivity contribution < 1.29 is 4.74 Å². The van der Waals surface area contributed by atoms with Gasteiger partial charge in [0.05, 0.1) is 12.6 Å². The number of azide groups is 1. The maximum Gasteiger partial charge on any atom is 0.217 e. The Kier molecular flexibility index (Phi) is 2.24. The van der Waals surface area contributed by atoms with E-state index in [1.54, 1.807) is 0 Å². The maximum atomic E-state index is 8.40. The van der Waals surface area contributed by atoms with E-state index >= 15 is 0 Å². The molecule has 5 heteroatoms. The minimum Gasteiger partial charge on any atom is -0.477 e. The van der Waals surface area contributed by atoms with Crippen molar-refractivity contribution in [3.8, 4) is 5.88 Å². The van der Waals surface area contributed by atoms with E-state index in [9.17, 15) is 0 Å². The Bertz CT molecular complexity index is 398. The van der Waals surface area contributed by atoms with Crippen LogP contribution in [0, 0.1) is 6.92 Å². The molecular formula is C9H10N4O. The molecule has 0 N–H and O–H groups in total. The second-order valence-electron chi connectivity index (χ2n) is 3.20. The standard InChI is InChI=1S/C9H10N4O/c1-6-2-3-7-8(12-13-10)4-5-14-9(7)11-6/h2-3,8H,4-5H2,1H3. The highest BCUT2D eigenvalue weighted by Gasteiger charge is 2.21. The van der Waals surface area contributed by atoms with Crippen LogP contribution in [0.3, 0.4) is 0 Å². The highest BCUT2D eigenvalue weighted by molar-refractivity contribution is 5.32. The van der Waals surface area contributed by atoms with Crippen LogP contribution >= 0.6 is 0 Å². The van der Waals surface area contributed by atoms with Crippen LogP contribution in [0.2, 0.25) is 0 Å². The lowest BCUT2D eigenvalue weighted by Gasteiger charge is -2.21. The van der Waals surface area contributed by atoms with Crippen molar-refractivity contribution in [2.45, 2.75) is 19.4 Å². The van der Waals surface area contributed by atoms with Gasteiger partial charge < -0.3 is 4.74 Å². The molecule has 0 fully saturated rings. The van der Waals surface area contributed by atoms with Gasteiger partial charge in [-0.3, -0.25) is 0 Å². The largest absolute Gasteiger partial charge is 0.477 e. The molecule has 0 spiro atoms. The van der Waals surface area contributed by atoms with Gasteiger partial charge in [0.2, 0.25) is 5.88 Å². The van der Waals surface area contributed by atoms with Gasteiger partial charge in [-0.2, -0.15) is 0 Å². The highest BCUT2D eigenvalue weighted by Crippen LogP contribution is 2.32. The highest BCUT2D eigenvalue weighted by atomic mass is 16.5. The molecule has 0 bridgehead atoms. The lowest BCUT2D eigenvalue weighted by Crippen LogP contribution is -2.14. The fourth-order valence-electron chi connectivity index (χ4n) is 1.52. The van der Waals surface area contributed by atoms with Crippen molar-refractivity contribution in [3.05, 3.63) is 33.8 Å². The zero-order valence-corrected chi connectivity index (χ0v) is 7.84. The summed E-state index contributed by atoms with van der Waals surface area (Å²) in [4.78, 5) is 7.06. The first kappa shape index (κ1) is 8.84. The molecule has 2 heterocycles. The monoisotopic (exact) mass is 190 g/mol. The van der Waals surface area contributed by atoms with Crippen LogP contribution in [-0.2, 0) is 0 Å². The molecule has 1 aliphatic rings. The molecule has 0 aromatic carbocycles. The summed E-state index contributed by atoms with van der Waals surface area (Å²) < 4.78 is 5.39. The third kappa shape index (κ3) is 1.49. The average molecular weight is 190 g/mol. The summed E-state index contributed by atoms with van der Waals surface area (Å²) in [6.45, 7) is 2.47. The number of rotatable bonds is 1. The first-order chi connectivity index (χ1) is 6.81. The van der Waals surface area contributed by atoms with Gasteiger partial charge in [-0.15, -0.1) is 0 Å². The number of nitrogens with zero attached hydrogens (tertiary/aromatic N) is 4. The van der Waals surface area contributed by atoms with Gasteiger partial charge in [-0.05, 0) is 24.9 Å². The van der Waals surface area contributed by atoms with E-state index in [2.05, 4.69) is 15.0 Å². The van der Waals surface area contributed by atoms with Crippen molar-refractivity contribution in [1.29, 1.82) is 0 Å². The predicted octanol–water partition coefficient (Wildman–Crippen LogP) is 2.52. The van der Waals surface area contributed by atoms with Gasteiger partial charge in [0.25, 0.3) is 0 Å². The molecule has 0 aliphatic carbocycles. The summed E-state index contributed by atoms with van der Waals surface area (Å²) in [5, 5.41) is 3.72. The minimum absolute atomic E-state index is 0.128. The van der Waals surface area contributed by atoms with Gasteiger partial charge in [0, 0.05) is 16.2 Å². The van der Waals surface area contributed by atoms with Gasteiger partial charge in [0.15, 0.2) is 0 Å². The number of hydrogen-bond acceptors (Lipinski definition) is 3. The quantitative estimate of drug-likeness (QED) is 0.387. The molecular weight excluding hydrogens is 180 g/mol. The predicted molar refractivity (Wildman–Crippen MR) is 51.0 cm³/mol. The summed E-state index contributed by atoms with van der Waals surface area (Å²) in [5.74, 6) is 0.605. The molecule has 0 saturated heterocycles. The summed E-state index contributed by atoms with van der Waals surface area (Å²) in [5.41, 5.74) is 10.2. The molecule has 2 rings (SSSR count). The summed E-state index contributed by atoms with van der Waals surface area (Å²) in [6, 6.07) is 3.68. The molecule has 1 unspecified atom stereocenters. The molecule has 72 valence electrons. The third-order valence-electron chi connectivity index (χ3n) is 2.21. The van der Waals surface area contributed by atoms with Gasteiger partial charge in [-0.25, -0.2) is 4.98 Å². The Balaban J connectivity index is 2.44. The van der Waals surface area contributed by atoms with Crippen LogP contribution < -0.4 is 4.74 Å². The van der Waals surface area contributed by atoms with Crippen LogP contribution in [0.1, 0.15) is 23.7 Å². The summed E-state index contributed by atoms with van der Waals surface area (Å²) in [7, 11) is 0. The number of ether oxygens (including phenoxy) is 1. The van der Waals surface area contributed by atoms with E-state index < -0.39 is 0 Å². The van der Waals surface area contributed by atoms with Crippen molar-refractivity contribution in [1.82, 2.24) is 4.98 Å². The first-order valence-corrected chi connectivity index (χ1v) is 4.46. The van der Waals surface area contributed by atoms with Crippen LogP contribution in [0.4, 0.5) is 0 Å². The molecule has 0 saturated carbocycles. The van der Waals surface area contributed by atoms with Crippen LogP contribution in [0.15, 0.2) is 17.2 Å². The molecule has 1 aromatic heterocycles. The fourth-order valence-corrected chi connectivity index (χ4v) is 1.52. The zero-order chi connectivity index (χ0) is 9.97. The van der Waals surface area contributed by atoms with E-state index in [1.807, 2.05) is 19.1 Å². The second kappa shape index (κ2) is 3.55. The lowest BCUT2D eigenvalue weighted by molar-refractivity contribution is 0.257. The molecule has 1 aliphatic heterocycles. The Morgan fingerprint density at radius 2 is 2.50 bits per heavy atom. The van der Waals surface area contributed by atoms with E-state index in [-0.39, 0.29) is 6.04 Å². The molecule has 5 nitrogen and oxygen atoms in total. The van der Waals surface area contributed by atoms with Crippen LogP contribution in [-0.4, -0.2) is 11.6 Å². The lowest BCUT2D eigenvalue weighted by atomic mass is 10.0. The van der Waals surface area contributed by atoms with Gasteiger partial charge >= 0.3 is 0 Å². The van der Waals surface area contributed by atoms with Crippen molar-refractivity contribution in [2.24, 2.45) is 5.11 Å². The Morgan fingerprint density at radius 1 is 1.64 bits per heavy atom. The van der Waals surface area contributed by atoms with Gasteiger partial charge in [-0.1, -0.05) is 11.2 Å². The number of hydrogen-bond donors (Lipinski definition) is 0. The topological polar surface area (TPSA) is 70.9 Å². The second-order valence-corrected chi connectivity index (χ2v) is 3.20. The van der Waals surface area contributed by atoms with Crippen molar-refractivity contribution in [2.75, 3.05) is 6.61 Å². The zero-order valence-electron chi connectivity index (χ0n) is 7.84. The van der Waals surface area contributed by atoms with E-state index in [4.69, 9.17) is 10.3 Å². The van der Waals surface area contributed by atoms with Crippen LogP contribution in [0.25, 0.3) is 10.4 Å². The molecule has 1 aromatic rings. The number of aryl methyl sites for hydroxylation is 1. The van der Waals surface area contributed by atoms with E-state index in [1.165, 1.54) is 0 Å². The number of aromatic nitrogens is 1. The molecule has 14 heavy (non-hydrogen) atoms. The van der Waals surface area contributed by atoms with Gasteiger partial charge in [0.1, 0.15) is 0 Å². The smallest absolute Gasteiger partial charge is 0.217 e. The first-order valence-electron chi connectivity index (χ1n) is 4.46. The third-order valence-corrected chi connectivity index (χ3v) is 2.21. The average Bonchev–Trinajstić information content (AvgIpc) is 2.18. The SMILES string of the molecule is Cc1ccc2c(n1)OCCC2N=[N+]=[N-]. The Labute approximate surface area is 81.4 Å². The van der Waals surface area contributed by atoms with E-state index in [0.717, 1.165) is 17.7 Å². The summed E-state index contributed by atoms with van der Waals surface area (Å²) >= 11 is 0. The fraction of sp³-hybridized carbons (Fsp3) is 0.444. The molecule has 0 radical (unpaired) electrons. The number of fused-ring (bicyclic) bond motifs is 1. The number of pyridine rings is 1. The summed E-state index contributed by atoms with van der Waals surface area (Å²) in [6.07, 6.45) is 0.724. The van der Waals surface area contributed by atoms with Crippen molar-refractivity contribution in [3.63, 3.8) is 0 Å². The Hall–Kier alpha value is -1.74. The molecule has 0 amide bonds. The Morgan fingerprint density at radius 3 is 3.29 bits per heavy atom. The van der Waals surface area contributed by atoms with E-state index in [0.29, 0.717) is 12.5 Å².